The molecule has 5 rings (SSSR count). The molecule has 0 saturated carbocycles. The maximum Gasteiger partial charge on any atom is 0.433 e. The van der Waals surface area contributed by atoms with Crippen molar-refractivity contribution in [2.45, 2.75) is 25.9 Å². The number of carbonyl (C=O) groups is 1. The number of carboxylic acids is 1. The van der Waals surface area contributed by atoms with Gasteiger partial charge < -0.3 is 23.9 Å². The number of oxazole rings is 1. The summed E-state index contributed by atoms with van der Waals surface area (Å²) in [7, 11) is 1.61. The molecule has 0 spiro atoms. The lowest BCUT2D eigenvalue weighted by Crippen LogP contribution is -2.25. The van der Waals surface area contributed by atoms with E-state index in [0.29, 0.717) is 36.8 Å². The summed E-state index contributed by atoms with van der Waals surface area (Å²) < 4.78 is 56.2. The van der Waals surface area contributed by atoms with Gasteiger partial charge in [-0.25, -0.2) is 15.0 Å². The summed E-state index contributed by atoms with van der Waals surface area (Å²) >= 11 is 0. The van der Waals surface area contributed by atoms with Crippen LogP contribution in [-0.4, -0.2) is 52.8 Å². The van der Waals surface area contributed by atoms with Crippen molar-refractivity contribution in [3.05, 3.63) is 83.5 Å². The number of methoxy groups -OCH3 is 1. The first-order valence-electron chi connectivity index (χ1n) is 13.3. The van der Waals surface area contributed by atoms with Gasteiger partial charge in [0.15, 0.2) is 0 Å². The van der Waals surface area contributed by atoms with E-state index >= 15 is 0 Å². The summed E-state index contributed by atoms with van der Waals surface area (Å²) in [5.41, 5.74) is 1.48. The Morgan fingerprint density at radius 2 is 1.76 bits per heavy atom. The van der Waals surface area contributed by atoms with Gasteiger partial charge in [-0.2, -0.15) is 13.2 Å². The summed E-state index contributed by atoms with van der Waals surface area (Å²) in [5, 5.41) is 9.77. The van der Waals surface area contributed by atoms with Gasteiger partial charge in [-0.05, 0) is 67.3 Å². The Labute approximate surface area is 240 Å². The zero-order valence-electron chi connectivity index (χ0n) is 23.0. The largest absolute Gasteiger partial charge is 0.497 e. The van der Waals surface area contributed by atoms with Crippen LogP contribution in [0, 0.1) is 18.8 Å². The molecule has 2 aromatic heterocycles. The van der Waals surface area contributed by atoms with Crippen molar-refractivity contribution in [2.75, 3.05) is 31.7 Å². The number of nitrogens with zero attached hydrogens (tertiary/aromatic N) is 4. The molecule has 3 heterocycles. The molecule has 0 unspecified atom stereocenters. The van der Waals surface area contributed by atoms with E-state index in [9.17, 15) is 23.1 Å². The zero-order chi connectivity index (χ0) is 29.9. The van der Waals surface area contributed by atoms with Crippen molar-refractivity contribution in [2.24, 2.45) is 11.8 Å². The van der Waals surface area contributed by atoms with Crippen LogP contribution in [0.3, 0.4) is 0 Å². The molecule has 42 heavy (non-hydrogen) atoms. The standard InChI is InChI=1S/C30H29F3N4O5/c1-18-25(35-27(42-18)20-5-9-22(40-2)10-6-20)12-14-41-23-7-3-19(4-8-23)15-21-16-37(17-24(21)28(38)39)29-34-13-11-26(36-29)30(31,32)33/h3-11,13,21,24H,12,14-17H2,1-2H3,(H,38,39)/t21-,24+/m1/s1. The van der Waals surface area contributed by atoms with Gasteiger partial charge in [0.1, 0.15) is 23.0 Å². The molecule has 1 fully saturated rings. The Morgan fingerprint density at radius 3 is 2.43 bits per heavy atom. The number of aromatic nitrogens is 3. The van der Waals surface area contributed by atoms with Gasteiger partial charge in [-0.1, -0.05) is 12.1 Å². The highest BCUT2D eigenvalue weighted by Gasteiger charge is 2.40. The maximum atomic E-state index is 13.1. The number of hydrogen-bond acceptors (Lipinski definition) is 8. The third-order valence-electron chi connectivity index (χ3n) is 7.23. The highest BCUT2D eigenvalue weighted by Crippen LogP contribution is 2.32. The lowest BCUT2D eigenvalue weighted by Gasteiger charge is -2.17. The van der Waals surface area contributed by atoms with Gasteiger partial charge in [-0.15, -0.1) is 0 Å². The fourth-order valence-corrected chi connectivity index (χ4v) is 4.99. The van der Waals surface area contributed by atoms with E-state index in [-0.39, 0.29) is 25.0 Å². The Kier molecular flexibility index (Phi) is 8.32. The molecule has 4 aromatic rings. The highest BCUT2D eigenvalue weighted by molar-refractivity contribution is 5.72. The molecule has 0 amide bonds. The topological polar surface area (TPSA) is 111 Å². The molecule has 0 radical (unpaired) electrons. The molecule has 0 bridgehead atoms. The van der Waals surface area contributed by atoms with Crippen LogP contribution in [0.4, 0.5) is 19.1 Å². The number of rotatable bonds is 10. The van der Waals surface area contributed by atoms with Gasteiger partial charge in [0.25, 0.3) is 0 Å². The average Bonchev–Trinajstić information content (AvgIpc) is 3.57. The Hall–Kier alpha value is -4.61. The minimum Gasteiger partial charge on any atom is -0.497 e. The molecule has 2 atom stereocenters. The third kappa shape index (κ3) is 6.64. The van der Waals surface area contributed by atoms with Crippen LogP contribution < -0.4 is 14.4 Å². The number of benzene rings is 2. The first kappa shape index (κ1) is 28.9. The number of carboxylic acid groups (broad SMARTS) is 1. The molecule has 1 saturated heterocycles. The molecule has 2 aromatic carbocycles. The molecule has 12 heteroatoms. The number of alkyl halides is 3. The fraction of sp³-hybridized carbons (Fsp3) is 0.333. The van der Waals surface area contributed by atoms with E-state index in [0.717, 1.165) is 34.8 Å². The second-order valence-electron chi connectivity index (χ2n) is 10.0. The molecular formula is C30H29F3N4O5. The van der Waals surface area contributed by atoms with E-state index in [2.05, 4.69) is 15.0 Å². The van der Waals surface area contributed by atoms with Crippen molar-refractivity contribution < 1.29 is 37.0 Å². The second kappa shape index (κ2) is 12.1. The fourth-order valence-electron chi connectivity index (χ4n) is 4.99. The number of halogens is 3. The predicted molar refractivity (Wildman–Crippen MR) is 146 cm³/mol. The monoisotopic (exact) mass is 582 g/mol. The number of aliphatic carboxylic acids is 1. The first-order chi connectivity index (χ1) is 20.1. The van der Waals surface area contributed by atoms with Crippen molar-refractivity contribution in [1.29, 1.82) is 0 Å². The van der Waals surface area contributed by atoms with E-state index in [4.69, 9.17) is 13.9 Å². The number of anilines is 1. The summed E-state index contributed by atoms with van der Waals surface area (Å²) in [4.78, 5) is 25.6. The molecule has 1 aliphatic heterocycles. The van der Waals surface area contributed by atoms with Crippen LogP contribution in [0.2, 0.25) is 0 Å². The highest BCUT2D eigenvalue weighted by atomic mass is 19.4. The third-order valence-corrected chi connectivity index (χ3v) is 7.23. The average molecular weight is 583 g/mol. The first-order valence-corrected chi connectivity index (χ1v) is 13.3. The Balaban J connectivity index is 1.17. The zero-order valence-corrected chi connectivity index (χ0v) is 23.0. The van der Waals surface area contributed by atoms with E-state index in [1.165, 1.54) is 4.90 Å². The number of ether oxygens (including phenoxy) is 2. The number of aryl methyl sites for hydroxylation is 1. The van der Waals surface area contributed by atoms with Gasteiger partial charge in [-0.3, -0.25) is 4.79 Å². The van der Waals surface area contributed by atoms with E-state index in [1.807, 2.05) is 55.5 Å². The minimum atomic E-state index is -4.61. The van der Waals surface area contributed by atoms with Gasteiger partial charge >= 0.3 is 12.1 Å². The molecule has 220 valence electrons. The molecule has 1 aliphatic rings. The lowest BCUT2D eigenvalue weighted by molar-refractivity contribution is -0.142. The lowest BCUT2D eigenvalue weighted by atomic mass is 9.90. The maximum absolute atomic E-state index is 13.1. The van der Waals surface area contributed by atoms with Crippen LogP contribution >= 0.6 is 0 Å². The predicted octanol–water partition coefficient (Wildman–Crippen LogP) is 5.47. The van der Waals surface area contributed by atoms with Crippen molar-refractivity contribution in [1.82, 2.24) is 15.0 Å². The quantitative estimate of drug-likeness (QED) is 0.260. The summed E-state index contributed by atoms with van der Waals surface area (Å²) in [6, 6.07) is 15.6. The Bertz CT molecular complexity index is 1520. The Morgan fingerprint density at radius 1 is 1.05 bits per heavy atom. The normalized spacial score (nSPS) is 16.9. The van der Waals surface area contributed by atoms with E-state index < -0.39 is 23.8 Å². The summed E-state index contributed by atoms with van der Waals surface area (Å²) in [6.07, 6.45) is -2.60. The van der Waals surface area contributed by atoms with Crippen LogP contribution in [0.5, 0.6) is 11.5 Å². The van der Waals surface area contributed by atoms with Crippen molar-refractivity contribution in [3.63, 3.8) is 0 Å². The van der Waals surface area contributed by atoms with Crippen LogP contribution in [0.25, 0.3) is 11.5 Å². The molecular weight excluding hydrogens is 553 g/mol. The van der Waals surface area contributed by atoms with Crippen molar-refractivity contribution in [3.8, 4) is 23.0 Å². The summed E-state index contributed by atoms with van der Waals surface area (Å²) in [5.74, 6) is 0.408. The smallest absolute Gasteiger partial charge is 0.433 e. The SMILES string of the molecule is COc1ccc(-c2nc(CCOc3ccc(C[C@@H]4CN(c5nccc(C(F)(F)F)n5)C[C@@H]4C(=O)O)cc3)c(C)o2)cc1. The second-order valence-corrected chi connectivity index (χ2v) is 10.0. The number of hydrogen-bond donors (Lipinski definition) is 1. The van der Waals surface area contributed by atoms with Crippen LogP contribution in [0.1, 0.15) is 22.7 Å². The van der Waals surface area contributed by atoms with Gasteiger partial charge in [0.05, 0.1) is 25.3 Å². The van der Waals surface area contributed by atoms with Gasteiger partial charge in [0.2, 0.25) is 11.8 Å². The van der Waals surface area contributed by atoms with E-state index in [1.54, 1.807) is 7.11 Å². The van der Waals surface area contributed by atoms with Crippen LogP contribution in [-0.2, 0) is 23.8 Å². The summed E-state index contributed by atoms with van der Waals surface area (Å²) in [6.45, 7) is 2.50. The van der Waals surface area contributed by atoms with Crippen molar-refractivity contribution >= 4 is 11.9 Å². The van der Waals surface area contributed by atoms with Crippen LogP contribution in [0.15, 0.2) is 65.2 Å². The molecule has 1 N–H and O–H groups in total. The minimum absolute atomic E-state index is 0.0319. The molecule has 0 aliphatic carbocycles. The van der Waals surface area contributed by atoms with Gasteiger partial charge in [0, 0.05) is 31.3 Å². The molecule has 9 nitrogen and oxygen atoms in total.